The van der Waals surface area contributed by atoms with Gasteiger partial charge in [-0.05, 0) is 51.9 Å². The van der Waals surface area contributed by atoms with Gasteiger partial charge in [0.25, 0.3) is 0 Å². The third-order valence-corrected chi connectivity index (χ3v) is 4.19. The minimum atomic E-state index is -0.447. The van der Waals surface area contributed by atoms with E-state index in [1.807, 2.05) is 20.8 Å². The maximum absolute atomic E-state index is 12.0. The topological polar surface area (TPSA) is 53.3 Å². The van der Waals surface area contributed by atoms with E-state index in [4.69, 9.17) is 4.74 Å². The Bertz CT molecular complexity index is 377. The van der Waals surface area contributed by atoms with E-state index in [1.165, 1.54) is 19.3 Å². The highest BCUT2D eigenvalue weighted by atomic mass is 16.6. The monoisotopic (exact) mass is 264 g/mol. The van der Waals surface area contributed by atoms with Gasteiger partial charge in [0.05, 0.1) is 12.0 Å². The van der Waals surface area contributed by atoms with Gasteiger partial charge in [0.2, 0.25) is 0 Å². The molecule has 2 atom stereocenters. The minimum Gasteiger partial charge on any atom is -0.444 e. The summed E-state index contributed by atoms with van der Waals surface area (Å²) in [7, 11) is 0. The molecule has 4 heteroatoms. The van der Waals surface area contributed by atoms with Crippen LogP contribution < -0.4 is 0 Å². The number of nitriles is 1. The molecule has 2 unspecified atom stereocenters. The van der Waals surface area contributed by atoms with E-state index < -0.39 is 5.60 Å². The fraction of sp³-hybridized carbons (Fsp3) is 0.867. The normalized spacial score (nSPS) is 25.6. The molecule has 4 nitrogen and oxygen atoms in total. The quantitative estimate of drug-likeness (QED) is 0.769. The van der Waals surface area contributed by atoms with Crippen molar-refractivity contribution < 1.29 is 9.53 Å². The molecule has 0 radical (unpaired) electrons. The van der Waals surface area contributed by atoms with Gasteiger partial charge in [-0.15, -0.1) is 0 Å². The first-order valence-corrected chi connectivity index (χ1v) is 7.28. The third kappa shape index (κ3) is 3.40. The highest BCUT2D eigenvalue weighted by molar-refractivity contribution is 5.68. The zero-order valence-corrected chi connectivity index (χ0v) is 12.2. The summed E-state index contributed by atoms with van der Waals surface area (Å²) in [5, 5.41) is 9.35. The van der Waals surface area contributed by atoms with E-state index in [2.05, 4.69) is 6.07 Å². The van der Waals surface area contributed by atoms with Crippen LogP contribution in [0, 0.1) is 29.1 Å². The maximum Gasteiger partial charge on any atom is 0.410 e. The summed E-state index contributed by atoms with van der Waals surface area (Å²) in [5.41, 5.74) is -0.447. The molecule has 0 bridgehead atoms. The molecule has 0 spiro atoms. The Hall–Kier alpha value is -1.24. The van der Waals surface area contributed by atoms with Crippen LogP contribution in [0.25, 0.3) is 0 Å². The van der Waals surface area contributed by atoms with Crippen LogP contribution in [-0.4, -0.2) is 29.7 Å². The van der Waals surface area contributed by atoms with Crippen LogP contribution in [0.2, 0.25) is 0 Å². The number of likely N-dealkylation sites (tertiary alicyclic amines) is 1. The molecule has 1 saturated heterocycles. The lowest BCUT2D eigenvalue weighted by Crippen LogP contribution is -2.36. The number of amides is 1. The van der Waals surface area contributed by atoms with Gasteiger partial charge in [0.1, 0.15) is 5.60 Å². The minimum absolute atomic E-state index is 0.126. The van der Waals surface area contributed by atoms with Crippen molar-refractivity contribution in [1.29, 1.82) is 5.26 Å². The van der Waals surface area contributed by atoms with Gasteiger partial charge in [0, 0.05) is 13.1 Å². The molecule has 2 fully saturated rings. The van der Waals surface area contributed by atoms with Crippen molar-refractivity contribution in [3.63, 3.8) is 0 Å². The molecule has 1 heterocycles. The second kappa shape index (κ2) is 5.40. The van der Waals surface area contributed by atoms with Crippen molar-refractivity contribution in [3.05, 3.63) is 0 Å². The Balaban J connectivity index is 1.88. The summed E-state index contributed by atoms with van der Waals surface area (Å²) in [4.78, 5) is 13.8. The molecule has 0 N–H and O–H groups in total. The van der Waals surface area contributed by atoms with Crippen molar-refractivity contribution in [1.82, 2.24) is 4.90 Å². The predicted octanol–water partition coefficient (Wildman–Crippen LogP) is 3.18. The molecule has 0 aromatic rings. The van der Waals surface area contributed by atoms with E-state index >= 15 is 0 Å². The van der Waals surface area contributed by atoms with E-state index in [1.54, 1.807) is 4.90 Å². The Labute approximate surface area is 115 Å². The first-order valence-electron chi connectivity index (χ1n) is 7.28. The lowest BCUT2D eigenvalue weighted by Gasteiger charge is -2.33. The molecule has 2 aliphatic rings. The van der Waals surface area contributed by atoms with E-state index in [0.29, 0.717) is 18.4 Å². The van der Waals surface area contributed by atoms with Crippen LogP contribution in [0.3, 0.4) is 0 Å². The van der Waals surface area contributed by atoms with Crippen molar-refractivity contribution in [3.8, 4) is 6.07 Å². The highest BCUT2D eigenvalue weighted by Gasteiger charge is 2.39. The molecular formula is C15H24N2O2. The lowest BCUT2D eigenvalue weighted by atomic mass is 9.71. The molecule has 1 saturated carbocycles. The molecule has 2 rings (SSSR count). The van der Waals surface area contributed by atoms with Crippen molar-refractivity contribution in [2.45, 2.75) is 52.1 Å². The number of ether oxygens (including phenoxy) is 1. The zero-order valence-electron chi connectivity index (χ0n) is 12.2. The Morgan fingerprint density at radius 2 is 2.00 bits per heavy atom. The highest BCUT2D eigenvalue weighted by Crippen LogP contribution is 2.40. The van der Waals surface area contributed by atoms with E-state index in [9.17, 15) is 10.1 Å². The second-order valence-electron chi connectivity index (χ2n) is 6.82. The molecule has 1 aliphatic heterocycles. The summed E-state index contributed by atoms with van der Waals surface area (Å²) >= 11 is 0. The van der Waals surface area contributed by atoms with Crippen LogP contribution in [0.4, 0.5) is 4.79 Å². The van der Waals surface area contributed by atoms with Gasteiger partial charge in [-0.25, -0.2) is 4.79 Å². The van der Waals surface area contributed by atoms with Crippen LogP contribution in [0.5, 0.6) is 0 Å². The fourth-order valence-corrected chi connectivity index (χ4v) is 2.97. The van der Waals surface area contributed by atoms with E-state index in [-0.39, 0.29) is 12.0 Å². The first-order chi connectivity index (χ1) is 8.90. The van der Waals surface area contributed by atoms with Crippen LogP contribution in [0.15, 0.2) is 0 Å². The summed E-state index contributed by atoms with van der Waals surface area (Å²) in [6, 6.07) is 2.47. The molecule has 19 heavy (non-hydrogen) atoms. The van der Waals surface area contributed by atoms with Crippen molar-refractivity contribution in [2.24, 2.45) is 17.8 Å². The Morgan fingerprint density at radius 1 is 1.32 bits per heavy atom. The van der Waals surface area contributed by atoms with Crippen LogP contribution >= 0.6 is 0 Å². The molecule has 1 amide bonds. The smallest absolute Gasteiger partial charge is 0.410 e. The summed E-state index contributed by atoms with van der Waals surface area (Å²) < 4.78 is 5.39. The number of nitrogens with zero attached hydrogens (tertiary/aromatic N) is 2. The second-order valence-corrected chi connectivity index (χ2v) is 6.82. The zero-order chi connectivity index (χ0) is 14.0. The van der Waals surface area contributed by atoms with Crippen LogP contribution in [0.1, 0.15) is 46.5 Å². The fourth-order valence-electron chi connectivity index (χ4n) is 2.97. The van der Waals surface area contributed by atoms with Crippen molar-refractivity contribution >= 4 is 6.09 Å². The Morgan fingerprint density at radius 3 is 2.47 bits per heavy atom. The Kier molecular flexibility index (Phi) is 4.03. The SMILES string of the molecule is CC(C)(C)OC(=O)N1CCC(C(C#N)C2CCC2)C1. The van der Waals surface area contributed by atoms with Crippen molar-refractivity contribution in [2.75, 3.05) is 13.1 Å². The van der Waals surface area contributed by atoms with Crippen LogP contribution in [-0.2, 0) is 4.74 Å². The van der Waals surface area contributed by atoms with Gasteiger partial charge in [-0.2, -0.15) is 5.26 Å². The summed E-state index contributed by atoms with van der Waals surface area (Å²) in [5.74, 6) is 1.03. The molecule has 0 aromatic heterocycles. The molecule has 1 aliphatic carbocycles. The van der Waals surface area contributed by atoms with Gasteiger partial charge in [0.15, 0.2) is 0 Å². The number of carbonyl (C=O) groups excluding carboxylic acids is 1. The number of carbonyl (C=O) groups is 1. The summed E-state index contributed by atoms with van der Waals surface area (Å²) in [6.07, 6.45) is 4.32. The predicted molar refractivity (Wildman–Crippen MR) is 72.4 cm³/mol. The first kappa shape index (κ1) is 14.2. The maximum atomic E-state index is 12.0. The number of hydrogen-bond acceptors (Lipinski definition) is 3. The average molecular weight is 264 g/mol. The number of rotatable bonds is 2. The largest absolute Gasteiger partial charge is 0.444 e. The lowest BCUT2D eigenvalue weighted by molar-refractivity contribution is 0.0280. The van der Waals surface area contributed by atoms with Gasteiger partial charge >= 0.3 is 6.09 Å². The third-order valence-electron chi connectivity index (χ3n) is 4.19. The average Bonchev–Trinajstić information content (AvgIpc) is 2.69. The van der Waals surface area contributed by atoms with Gasteiger partial charge in [-0.3, -0.25) is 0 Å². The summed E-state index contributed by atoms with van der Waals surface area (Å²) in [6.45, 7) is 7.05. The molecule has 106 valence electrons. The molecule has 0 aromatic carbocycles. The van der Waals surface area contributed by atoms with E-state index in [0.717, 1.165) is 13.0 Å². The van der Waals surface area contributed by atoms with Gasteiger partial charge in [-0.1, -0.05) is 6.42 Å². The number of hydrogen-bond donors (Lipinski definition) is 0. The standard InChI is InChI=1S/C15H24N2O2/c1-15(2,3)19-14(18)17-8-7-12(10-17)13(9-16)11-5-4-6-11/h11-13H,4-8,10H2,1-3H3. The van der Waals surface area contributed by atoms with Gasteiger partial charge < -0.3 is 9.64 Å². The molecular weight excluding hydrogens is 240 g/mol.